The molecule has 30 heavy (non-hydrogen) atoms. The highest BCUT2D eigenvalue weighted by atomic mass is 32.1. The molecule has 0 saturated heterocycles. The lowest BCUT2D eigenvalue weighted by Crippen LogP contribution is -2.33. The van der Waals surface area contributed by atoms with E-state index in [4.69, 9.17) is 4.98 Å². The van der Waals surface area contributed by atoms with Gasteiger partial charge in [-0.3, -0.25) is 4.79 Å². The van der Waals surface area contributed by atoms with Gasteiger partial charge >= 0.3 is 0 Å². The fourth-order valence-corrected chi connectivity index (χ4v) is 4.54. The molecule has 5 heteroatoms. The third-order valence-corrected chi connectivity index (χ3v) is 6.34. The number of thiophene rings is 1. The molecule has 1 aliphatic rings. The van der Waals surface area contributed by atoms with Crippen molar-refractivity contribution >= 4 is 28.1 Å². The molecule has 3 nitrogen and oxygen atoms in total. The van der Waals surface area contributed by atoms with Crippen molar-refractivity contribution in [1.29, 1.82) is 0 Å². The predicted octanol–water partition coefficient (Wildman–Crippen LogP) is 6.22. The van der Waals surface area contributed by atoms with E-state index in [0.29, 0.717) is 12.1 Å². The van der Waals surface area contributed by atoms with Crippen molar-refractivity contribution < 1.29 is 9.18 Å². The van der Waals surface area contributed by atoms with Crippen LogP contribution in [0.2, 0.25) is 0 Å². The highest BCUT2D eigenvalue weighted by Crippen LogP contribution is 2.34. The summed E-state index contributed by atoms with van der Waals surface area (Å²) in [6, 6.07) is 18.6. The van der Waals surface area contributed by atoms with Crippen LogP contribution >= 0.6 is 11.3 Å². The van der Waals surface area contributed by atoms with E-state index in [1.165, 1.54) is 17.7 Å². The van der Waals surface area contributed by atoms with Gasteiger partial charge in [0.15, 0.2) is 0 Å². The minimum absolute atomic E-state index is 0.127. The minimum Gasteiger partial charge on any atom is -0.331 e. The number of rotatable bonds is 5. The molecule has 0 spiro atoms. The molecule has 0 radical (unpaired) electrons. The van der Waals surface area contributed by atoms with Gasteiger partial charge in [0, 0.05) is 23.5 Å². The van der Waals surface area contributed by atoms with Crippen molar-refractivity contribution in [2.75, 3.05) is 0 Å². The summed E-state index contributed by atoms with van der Waals surface area (Å²) in [6.45, 7) is 2.52. The maximum Gasteiger partial charge on any atom is 0.254 e. The molecule has 1 amide bonds. The first-order valence-corrected chi connectivity index (χ1v) is 11.0. The topological polar surface area (TPSA) is 33.2 Å². The number of amides is 1. The van der Waals surface area contributed by atoms with Gasteiger partial charge in [-0.05, 0) is 72.7 Å². The number of aryl methyl sites for hydroxylation is 1. The highest BCUT2D eigenvalue weighted by molar-refractivity contribution is 7.13. The Balaban J connectivity index is 1.58. The number of halogens is 1. The Hall–Kier alpha value is -3.05. The lowest BCUT2D eigenvalue weighted by molar-refractivity contribution is 0.0729. The summed E-state index contributed by atoms with van der Waals surface area (Å²) >= 11 is 1.65. The molecule has 1 saturated carbocycles. The molecule has 0 bridgehead atoms. The fraction of sp³-hybridized carbons (Fsp3) is 0.200. The predicted molar refractivity (Wildman–Crippen MR) is 119 cm³/mol. The number of nitrogens with zero attached hydrogens (tertiary/aromatic N) is 2. The normalized spacial score (nSPS) is 13.5. The number of carbonyl (C=O) groups excluding carboxylic acids is 1. The molecular formula is C25H21FN2OS. The quantitative estimate of drug-likeness (QED) is 0.387. The van der Waals surface area contributed by atoms with Gasteiger partial charge in [0.2, 0.25) is 0 Å². The van der Waals surface area contributed by atoms with Crippen molar-refractivity contribution in [3.05, 3.63) is 88.6 Å². The average molecular weight is 417 g/mol. The van der Waals surface area contributed by atoms with Crippen LogP contribution in [0.3, 0.4) is 0 Å². The van der Waals surface area contributed by atoms with Gasteiger partial charge in [-0.2, -0.15) is 0 Å². The smallest absolute Gasteiger partial charge is 0.254 e. The zero-order chi connectivity index (χ0) is 20.7. The minimum atomic E-state index is -0.390. The van der Waals surface area contributed by atoms with E-state index in [1.807, 2.05) is 16.3 Å². The summed E-state index contributed by atoms with van der Waals surface area (Å²) in [5.74, 6) is -0.517. The Morgan fingerprint density at radius 2 is 2.00 bits per heavy atom. The van der Waals surface area contributed by atoms with E-state index < -0.39 is 5.82 Å². The molecule has 5 rings (SSSR count). The third-order valence-electron chi connectivity index (χ3n) is 5.47. The van der Waals surface area contributed by atoms with Crippen LogP contribution in [-0.4, -0.2) is 21.8 Å². The molecule has 1 aliphatic carbocycles. The van der Waals surface area contributed by atoms with Gasteiger partial charge in [0.1, 0.15) is 5.82 Å². The van der Waals surface area contributed by atoms with Crippen LogP contribution in [0, 0.1) is 12.7 Å². The van der Waals surface area contributed by atoms with Crippen LogP contribution in [-0.2, 0) is 6.54 Å². The molecule has 1 fully saturated rings. The summed E-state index contributed by atoms with van der Waals surface area (Å²) in [5, 5.41) is 3.10. The van der Waals surface area contributed by atoms with Crippen LogP contribution < -0.4 is 0 Å². The van der Waals surface area contributed by atoms with E-state index in [9.17, 15) is 9.18 Å². The molecule has 2 aromatic carbocycles. The first-order valence-electron chi connectivity index (χ1n) is 10.1. The Labute approximate surface area is 178 Å². The second-order valence-electron chi connectivity index (χ2n) is 7.84. The first-order chi connectivity index (χ1) is 14.6. The maximum absolute atomic E-state index is 13.7. The Morgan fingerprint density at radius 1 is 1.13 bits per heavy atom. The highest BCUT2D eigenvalue weighted by Gasteiger charge is 2.34. The van der Waals surface area contributed by atoms with Crippen molar-refractivity contribution in [3.63, 3.8) is 0 Å². The van der Waals surface area contributed by atoms with E-state index in [0.717, 1.165) is 39.9 Å². The average Bonchev–Trinajstić information content (AvgIpc) is 3.44. The van der Waals surface area contributed by atoms with Crippen molar-refractivity contribution in [3.8, 4) is 10.6 Å². The molecule has 0 atom stereocenters. The lowest BCUT2D eigenvalue weighted by Gasteiger charge is -2.24. The summed E-state index contributed by atoms with van der Waals surface area (Å²) in [4.78, 5) is 21.2. The fourth-order valence-electron chi connectivity index (χ4n) is 3.79. The van der Waals surface area contributed by atoms with E-state index >= 15 is 0 Å². The van der Waals surface area contributed by atoms with E-state index in [1.54, 1.807) is 23.5 Å². The van der Waals surface area contributed by atoms with E-state index in [-0.39, 0.29) is 11.9 Å². The monoisotopic (exact) mass is 416 g/mol. The Morgan fingerprint density at radius 3 is 2.73 bits per heavy atom. The molecule has 0 aliphatic heterocycles. The number of hydrogen-bond donors (Lipinski definition) is 0. The number of benzene rings is 2. The van der Waals surface area contributed by atoms with Gasteiger partial charge in [0.05, 0.1) is 16.1 Å². The summed E-state index contributed by atoms with van der Waals surface area (Å²) in [5.41, 5.74) is 4.45. The SMILES string of the molecule is Cc1ccc2cc(CN(C(=O)c3cccc(F)c3)C3CC3)c(-c3cccs3)nc2c1. The Bertz CT molecular complexity index is 1230. The maximum atomic E-state index is 13.7. The molecule has 4 aromatic rings. The van der Waals surface area contributed by atoms with Crippen LogP contribution in [0.15, 0.2) is 66.0 Å². The molecule has 2 heterocycles. The van der Waals surface area contributed by atoms with Crippen LogP contribution in [0.1, 0.15) is 34.3 Å². The standard InChI is InChI=1S/C25H21FN2OS/c1-16-7-8-17-13-19(24(27-22(17)12-16)23-6-3-11-30-23)15-28(21-9-10-21)25(29)18-4-2-5-20(26)14-18/h2-8,11-14,21H,9-10,15H2,1H3. The van der Waals surface area contributed by atoms with Crippen molar-refractivity contribution in [2.45, 2.75) is 32.4 Å². The van der Waals surface area contributed by atoms with Gasteiger partial charge in [0.25, 0.3) is 5.91 Å². The zero-order valence-corrected chi connectivity index (χ0v) is 17.5. The number of carbonyl (C=O) groups is 1. The zero-order valence-electron chi connectivity index (χ0n) is 16.6. The third kappa shape index (κ3) is 3.73. The second kappa shape index (κ2) is 7.65. The molecular weight excluding hydrogens is 395 g/mol. The number of hydrogen-bond acceptors (Lipinski definition) is 3. The van der Waals surface area contributed by atoms with Crippen molar-refractivity contribution in [1.82, 2.24) is 9.88 Å². The first kappa shape index (κ1) is 18.9. The summed E-state index contributed by atoms with van der Waals surface area (Å²) in [6.07, 6.45) is 1.96. The van der Waals surface area contributed by atoms with Gasteiger partial charge in [-0.15, -0.1) is 11.3 Å². The van der Waals surface area contributed by atoms with E-state index in [2.05, 4.69) is 37.3 Å². The largest absolute Gasteiger partial charge is 0.331 e. The molecule has 0 unspecified atom stereocenters. The summed E-state index contributed by atoms with van der Waals surface area (Å²) in [7, 11) is 0. The number of aromatic nitrogens is 1. The lowest BCUT2D eigenvalue weighted by atomic mass is 10.1. The molecule has 150 valence electrons. The second-order valence-corrected chi connectivity index (χ2v) is 8.79. The van der Waals surface area contributed by atoms with Crippen LogP contribution in [0.4, 0.5) is 4.39 Å². The van der Waals surface area contributed by atoms with Crippen LogP contribution in [0.25, 0.3) is 21.5 Å². The van der Waals surface area contributed by atoms with Gasteiger partial charge in [-0.25, -0.2) is 9.37 Å². The van der Waals surface area contributed by atoms with Gasteiger partial charge in [-0.1, -0.05) is 24.3 Å². The summed E-state index contributed by atoms with van der Waals surface area (Å²) < 4.78 is 13.7. The number of fused-ring (bicyclic) bond motifs is 1. The molecule has 0 N–H and O–H groups in total. The van der Waals surface area contributed by atoms with Crippen LogP contribution in [0.5, 0.6) is 0 Å². The van der Waals surface area contributed by atoms with Gasteiger partial charge < -0.3 is 4.90 Å². The molecule has 2 aromatic heterocycles. The Kier molecular flexibility index (Phi) is 4.83. The number of pyridine rings is 1. The van der Waals surface area contributed by atoms with Crippen molar-refractivity contribution in [2.24, 2.45) is 0 Å².